The van der Waals surface area contributed by atoms with E-state index in [-0.39, 0.29) is 5.91 Å². The van der Waals surface area contributed by atoms with Crippen molar-refractivity contribution in [2.45, 2.75) is 0 Å². The van der Waals surface area contributed by atoms with Gasteiger partial charge in [-0.15, -0.1) is 0 Å². The third-order valence-electron chi connectivity index (χ3n) is 2.98. The van der Waals surface area contributed by atoms with Crippen molar-refractivity contribution in [1.29, 1.82) is 0 Å². The first kappa shape index (κ1) is 14.3. The van der Waals surface area contributed by atoms with Crippen molar-refractivity contribution < 1.29 is 4.79 Å². The summed E-state index contributed by atoms with van der Waals surface area (Å²) in [6.45, 7) is 0. The van der Waals surface area contributed by atoms with Crippen LogP contribution in [-0.4, -0.2) is 22.1 Å². The Hall–Kier alpha value is -2.60. The number of fused-ring (bicyclic) bond motifs is 1. The number of aromatic nitrogens is 2. The lowest BCUT2D eigenvalue weighted by atomic mass is 10.2. The molecule has 3 rings (SSSR count). The fourth-order valence-electron chi connectivity index (χ4n) is 1.89. The maximum Gasteiger partial charge on any atom is 0.271 e. The standard InChI is InChI=1S/C16H11BrN4O/c17-13-4-2-12(3-5-13)16(22)21-20-10-11-1-6-14-15(9-11)19-8-7-18-14/h1-10H,(H,21,22)/b20-10-. The Morgan fingerprint density at radius 2 is 1.77 bits per heavy atom. The molecule has 0 fully saturated rings. The molecule has 0 radical (unpaired) electrons. The van der Waals surface area contributed by atoms with E-state index in [0.717, 1.165) is 21.1 Å². The molecular formula is C16H11BrN4O. The molecule has 5 nitrogen and oxygen atoms in total. The number of nitrogens with one attached hydrogen (secondary N) is 1. The molecule has 22 heavy (non-hydrogen) atoms. The lowest BCUT2D eigenvalue weighted by Crippen LogP contribution is -2.17. The molecule has 0 spiro atoms. The van der Waals surface area contributed by atoms with E-state index < -0.39 is 0 Å². The number of halogens is 1. The van der Waals surface area contributed by atoms with Crippen molar-refractivity contribution >= 4 is 39.1 Å². The van der Waals surface area contributed by atoms with Crippen molar-refractivity contribution in [3.63, 3.8) is 0 Å². The van der Waals surface area contributed by atoms with Crippen LogP contribution in [0.15, 0.2) is 64.4 Å². The summed E-state index contributed by atoms with van der Waals surface area (Å²) in [6.07, 6.45) is 4.86. The summed E-state index contributed by atoms with van der Waals surface area (Å²) in [6, 6.07) is 12.6. The van der Waals surface area contributed by atoms with E-state index in [1.807, 2.05) is 18.2 Å². The summed E-state index contributed by atoms with van der Waals surface area (Å²) < 4.78 is 0.921. The van der Waals surface area contributed by atoms with E-state index in [0.29, 0.717) is 5.56 Å². The highest BCUT2D eigenvalue weighted by molar-refractivity contribution is 9.10. The van der Waals surface area contributed by atoms with Crippen LogP contribution in [0.1, 0.15) is 15.9 Å². The Morgan fingerprint density at radius 1 is 1.05 bits per heavy atom. The van der Waals surface area contributed by atoms with Gasteiger partial charge in [0.2, 0.25) is 0 Å². The van der Waals surface area contributed by atoms with E-state index in [1.54, 1.807) is 42.9 Å². The molecule has 6 heteroatoms. The highest BCUT2D eigenvalue weighted by atomic mass is 79.9. The molecule has 0 aliphatic rings. The first-order chi connectivity index (χ1) is 10.7. The molecule has 0 atom stereocenters. The molecule has 0 aliphatic carbocycles. The summed E-state index contributed by atoms with van der Waals surface area (Å²) in [5, 5.41) is 3.96. The summed E-state index contributed by atoms with van der Waals surface area (Å²) in [5.41, 5.74) is 5.48. The summed E-state index contributed by atoms with van der Waals surface area (Å²) in [4.78, 5) is 20.3. The molecule has 0 unspecified atom stereocenters. The van der Waals surface area contributed by atoms with E-state index in [9.17, 15) is 4.79 Å². The quantitative estimate of drug-likeness (QED) is 0.580. The second-order valence-electron chi connectivity index (χ2n) is 4.51. The number of amides is 1. The van der Waals surface area contributed by atoms with E-state index in [4.69, 9.17) is 0 Å². The predicted octanol–water partition coefficient (Wildman–Crippen LogP) is 3.16. The van der Waals surface area contributed by atoms with Crippen LogP contribution < -0.4 is 5.43 Å². The molecule has 1 aromatic heterocycles. The van der Waals surface area contributed by atoms with Gasteiger partial charge in [0.05, 0.1) is 17.2 Å². The molecule has 0 bridgehead atoms. The highest BCUT2D eigenvalue weighted by Crippen LogP contribution is 2.11. The van der Waals surface area contributed by atoms with Crippen LogP contribution in [0, 0.1) is 0 Å². The Balaban J connectivity index is 1.70. The van der Waals surface area contributed by atoms with Crippen LogP contribution in [0.5, 0.6) is 0 Å². The van der Waals surface area contributed by atoms with Crippen LogP contribution in [0.2, 0.25) is 0 Å². The van der Waals surface area contributed by atoms with Gasteiger partial charge in [-0.2, -0.15) is 5.10 Å². The third kappa shape index (κ3) is 3.35. The molecule has 3 aromatic rings. The molecule has 0 aliphatic heterocycles. The lowest BCUT2D eigenvalue weighted by Gasteiger charge is -2.00. The van der Waals surface area contributed by atoms with Crippen molar-refractivity contribution in [1.82, 2.24) is 15.4 Å². The van der Waals surface area contributed by atoms with Gasteiger partial charge in [0.1, 0.15) is 0 Å². The minimum atomic E-state index is -0.260. The molecule has 108 valence electrons. The zero-order chi connectivity index (χ0) is 15.4. The van der Waals surface area contributed by atoms with Crippen LogP contribution in [0.4, 0.5) is 0 Å². The van der Waals surface area contributed by atoms with Gasteiger partial charge in [-0.05, 0) is 42.0 Å². The first-order valence-electron chi connectivity index (χ1n) is 6.52. The number of carbonyl (C=O) groups is 1. The highest BCUT2D eigenvalue weighted by Gasteiger charge is 2.03. The SMILES string of the molecule is O=C(N/N=C\c1ccc2nccnc2c1)c1ccc(Br)cc1. The molecule has 0 saturated heterocycles. The van der Waals surface area contributed by atoms with Gasteiger partial charge >= 0.3 is 0 Å². The van der Waals surface area contributed by atoms with Gasteiger partial charge in [0, 0.05) is 22.4 Å². The van der Waals surface area contributed by atoms with Crippen LogP contribution >= 0.6 is 15.9 Å². The zero-order valence-electron chi connectivity index (χ0n) is 11.4. The Kier molecular flexibility index (Phi) is 4.20. The van der Waals surface area contributed by atoms with E-state index in [1.165, 1.54) is 0 Å². The summed E-state index contributed by atoms with van der Waals surface area (Å²) >= 11 is 3.33. The fourth-order valence-corrected chi connectivity index (χ4v) is 2.16. The van der Waals surface area contributed by atoms with E-state index >= 15 is 0 Å². The first-order valence-corrected chi connectivity index (χ1v) is 7.31. The van der Waals surface area contributed by atoms with Crippen LogP contribution in [0.25, 0.3) is 11.0 Å². The van der Waals surface area contributed by atoms with E-state index in [2.05, 4.69) is 36.4 Å². The molecular weight excluding hydrogens is 344 g/mol. The molecule has 1 N–H and O–H groups in total. The van der Waals surface area contributed by atoms with Crippen molar-refractivity contribution in [3.8, 4) is 0 Å². The number of hydrazone groups is 1. The topological polar surface area (TPSA) is 67.2 Å². The Morgan fingerprint density at radius 3 is 2.55 bits per heavy atom. The summed E-state index contributed by atoms with van der Waals surface area (Å²) in [7, 11) is 0. The molecule has 1 heterocycles. The lowest BCUT2D eigenvalue weighted by molar-refractivity contribution is 0.0955. The van der Waals surface area contributed by atoms with Gasteiger partial charge < -0.3 is 0 Å². The second kappa shape index (κ2) is 6.44. The molecule has 2 aromatic carbocycles. The Labute approximate surface area is 135 Å². The van der Waals surface area contributed by atoms with Gasteiger partial charge in [-0.25, -0.2) is 5.43 Å². The zero-order valence-corrected chi connectivity index (χ0v) is 13.0. The number of benzene rings is 2. The van der Waals surface area contributed by atoms with Crippen LogP contribution in [-0.2, 0) is 0 Å². The average Bonchev–Trinajstić information content (AvgIpc) is 2.55. The van der Waals surface area contributed by atoms with Gasteiger partial charge in [0.15, 0.2) is 0 Å². The van der Waals surface area contributed by atoms with Crippen LogP contribution in [0.3, 0.4) is 0 Å². The minimum Gasteiger partial charge on any atom is -0.267 e. The third-order valence-corrected chi connectivity index (χ3v) is 3.51. The predicted molar refractivity (Wildman–Crippen MR) is 88.7 cm³/mol. The Bertz CT molecular complexity index is 846. The summed E-state index contributed by atoms with van der Waals surface area (Å²) in [5.74, 6) is -0.260. The van der Waals surface area contributed by atoms with Gasteiger partial charge in [0.25, 0.3) is 5.91 Å². The normalized spacial score (nSPS) is 11.0. The number of rotatable bonds is 3. The van der Waals surface area contributed by atoms with Gasteiger partial charge in [-0.3, -0.25) is 14.8 Å². The number of hydrogen-bond acceptors (Lipinski definition) is 4. The fraction of sp³-hybridized carbons (Fsp3) is 0. The molecule has 1 amide bonds. The van der Waals surface area contributed by atoms with Crippen molar-refractivity contribution in [2.24, 2.45) is 5.10 Å². The van der Waals surface area contributed by atoms with Gasteiger partial charge in [-0.1, -0.05) is 22.0 Å². The number of hydrogen-bond donors (Lipinski definition) is 1. The monoisotopic (exact) mass is 354 g/mol. The number of nitrogens with zero attached hydrogens (tertiary/aromatic N) is 3. The number of carbonyl (C=O) groups excluding carboxylic acids is 1. The second-order valence-corrected chi connectivity index (χ2v) is 5.43. The minimum absolute atomic E-state index is 0.260. The average molecular weight is 355 g/mol. The smallest absolute Gasteiger partial charge is 0.267 e. The van der Waals surface area contributed by atoms with Crippen molar-refractivity contribution in [2.75, 3.05) is 0 Å². The largest absolute Gasteiger partial charge is 0.271 e. The molecule has 0 saturated carbocycles. The maximum absolute atomic E-state index is 11.9. The van der Waals surface area contributed by atoms with Crippen molar-refractivity contribution in [3.05, 3.63) is 70.5 Å². The maximum atomic E-state index is 11.9.